The van der Waals surface area contributed by atoms with E-state index in [9.17, 15) is 18.0 Å². The lowest BCUT2D eigenvalue weighted by atomic mass is 10.0. The van der Waals surface area contributed by atoms with Crippen LogP contribution in [0, 0.1) is 0 Å². The molecule has 0 N–H and O–H groups in total. The number of benzene rings is 3. The summed E-state index contributed by atoms with van der Waals surface area (Å²) in [7, 11) is 0. The SMILES string of the molecule is CC1CN(Cc2ccccc2)C(=O)c2cc(-c3ccc(C(F)(F)F)cc3)ccc2O1. The van der Waals surface area contributed by atoms with E-state index in [-0.39, 0.29) is 12.0 Å². The second kappa shape index (κ2) is 7.86. The van der Waals surface area contributed by atoms with Crippen molar-refractivity contribution in [2.24, 2.45) is 0 Å². The summed E-state index contributed by atoms with van der Waals surface area (Å²) in [5.74, 6) is 0.325. The Kier molecular flexibility index (Phi) is 5.24. The molecule has 0 saturated heterocycles. The Balaban J connectivity index is 1.66. The van der Waals surface area contributed by atoms with Gasteiger partial charge in [-0.1, -0.05) is 48.5 Å². The number of alkyl halides is 3. The Morgan fingerprint density at radius 2 is 1.63 bits per heavy atom. The highest BCUT2D eigenvalue weighted by molar-refractivity contribution is 5.98. The predicted molar refractivity (Wildman–Crippen MR) is 108 cm³/mol. The molecule has 154 valence electrons. The number of halogens is 3. The fourth-order valence-electron chi connectivity index (χ4n) is 3.59. The third-order valence-electron chi connectivity index (χ3n) is 5.06. The molecule has 0 fully saturated rings. The van der Waals surface area contributed by atoms with Crippen molar-refractivity contribution in [1.29, 1.82) is 0 Å². The fourth-order valence-corrected chi connectivity index (χ4v) is 3.59. The standard InChI is InChI=1S/C24H20F3NO2/c1-16-14-28(15-17-5-3-2-4-6-17)23(29)21-13-19(9-12-22(21)30-16)18-7-10-20(11-8-18)24(25,26)27/h2-13,16H,14-15H2,1H3. The van der Waals surface area contributed by atoms with Crippen LogP contribution in [0.1, 0.15) is 28.4 Å². The van der Waals surface area contributed by atoms with Gasteiger partial charge in [0.2, 0.25) is 0 Å². The molecule has 1 amide bonds. The molecule has 3 aromatic carbocycles. The molecule has 4 rings (SSSR count). The van der Waals surface area contributed by atoms with Crippen molar-refractivity contribution in [3.05, 3.63) is 89.5 Å². The molecule has 6 heteroatoms. The first-order chi connectivity index (χ1) is 14.3. The molecule has 1 atom stereocenters. The first-order valence-corrected chi connectivity index (χ1v) is 9.63. The first kappa shape index (κ1) is 20.0. The van der Waals surface area contributed by atoms with Crippen LogP contribution in [0.2, 0.25) is 0 Å². The van der Waals surface area contributed by atoms with Gasteiger partial charge in [-0.25, -0.2) is 0 Å². The largest absolute Gasteiger partial charge is 0.488 e. The van der Waals surface area contributed by atoms with Crippen molar-refractivity contribution in [2.75, 3.05) is 6.54 Å². The van der Waals surface area contributed by atoms with E-state index in [0.29, 0.717) is 35.5 Å². The van der Waals surface area contributed by atoms with Gasteiger partial charge in [0, 0.05) is 6.54 Å². The van der Waals surface area contributed by atoms with E-state index < -0.39 is 11.7 Å². The second-order valence-corrected chi connectivity index (χ2v) is 7.39. The minimum atomic E-state index is -4.38. The van der Waals surface area contributed by atoms with Crippen LogP contribution < -0.4 is 4.74 Å². The molecular formula is C24H20F3NO2. The summed E-state index contributed by atoms with van der Waals surface area (Å²) in [5, 5.41) is 0. The van der Waals surface area contributed by atoms with Gasteiger partial charge in [0.05, 0.1) is 17.7 Å². The summed E-state index contributed by atoms with van der Waals surface area (Å²) in [6, 6.07) is 19.8. The number of ether oxygens (including phenoxy) is 1. The van der Waals surface area contributed by atoms with Crippen molar-refractivity contribution in [2.45, 2.75) is 25.7 Å². The average Bonchev–Trinajstić information content (AvgIpc) is 2.84. The molecule has 0 aliphatic carbocycles. The zero-order valence-corrected chi connectivity index (χ0v) is 16.3. The van der Waals surface area contributed by atoms with Crippen LogP contribution in [-0.2, 0) is 12.7 Å². The Morgan fingerprint density at radius 3 is 2.30 bits per heavy atom. The van der Waals surface area contributed by atoms with E-state index >= 15 is 0 Å². The quantitative estimate of drug-likeness (QED) is 0.546. The molecule has 0 aromatic heterocycles. The Labute approximate surface area is 172 Å². The van der Waals surface area contributed by atoms with Gasteiger partial charge < -0.3 is 9.64 Å². The summed E-state index contributed by atoms with van der Waals surface area (Å²) in [6.07, 6.45) is -4.57. The van der Waals surface area contributed by atoms with Crippen molar-refractivity contribution >= 4 is 5.91 Å². The zero-order valence-electron chi connectivity index (χ0n) is 16.3. The number of carbonyl (C=O) groups is 1. The number of carbonyl (C=O) groups excluding carboxylic acids is 1. The maximum atomic E-state index is 13.3. The summed E-state index contributed by atoms with van der Waals surface area (Å²) >= 11 is 0. The van der Waals surface area contributed by atoms with Crippen molar-refractivity contribution in [1.82, 2.24) is 4.90 Å². The van der Waals surface area contributed by atoms with Gasteiger partial charge in [-0.15, -0.1) is 0 Å². The second-order valence-electron chi connectivity index (χ2n) is 7.39. The molecule has 0 radical (unpaired) electrons. The van der Waals surface area contributed by atoms with E-state index in [0.717, 1.165) is 17.7 Å². The molecule has 1 unspecified atom stereocenters. The van der Waals surface area contributed by atoms with Crippen LogP contribution in [0.5, 0.6) is 5.75 Å². The molecule has 0 spiro atoms. The van der Waals surface area contributed by atoms with Gasteiger partial charge in [0.25, 0.3) is 5.91 Å². The zero-order chi connectivity index (χ0) is 21.3. The molecule has 1 aliphatic rings. The minimum absolute atomic E-state index is 0.160. The van der Waals surface area contributed by atoms with Gasteiger partial charge >= 0.3 is 6.18 Å². The van der Waals surface area contributed by atoms with Gasteiger partial charge in [-0.05, 0) is 47.9 Å². The normalized spacial score (nSPS) is 16.6. The Morgan fingerprint density at radius 1 is 0.967 bits per heavy atom. The minimum Gasteiger partial charge on any atom is -0.488 e. The smallest absolute Gasteiger partial charge is 0.416 e. The van der Waals surface area contributed by atoms with Gasteiger partial charge in [0.1, 0.15) is 11.9 Å². The molecule has 3 aromatic rings. The number of hydrogen-bond donors (Lipinski definition) is 0. The highest BCUT2D eigenvalue weighted by Gasteiger charge is 2.30. The van der Waals surface area contributed by atoms with E-state index in [4.69, 9.17) is 4.74 Å². The number of hydrogen-bond acceptors (Lipinski definition) is 2. The summed E-state index contributed by atoms with van der Waals surface area (Å²) in [5.41, 5.74) is 1.98. The van der Waals surface area contributed by atoms with Crippen molar-refractivity contribution < 1.29 is 22.7 Å². The first-order valence-electron chi connectivity index (χ1n) is 9.63. The van der Waals surface area contributed by atoms with Crippen LogP contribution in [-0.4, -0.2) is 23.5 Å². The molecule has 3 nitrogen and oxygen atoms in total. The molecule has 1 heterocycles. The number of fused-ring (bicyclic) bond motifs is 1. The summed E-state index contributed by atoms with van der Waals surface area (Å²) in [4.78, 5) is 15.0. The Bertz CT molecular complexity index is 1050. The maximum Gasteiger partial charge on any atom is 0.416 e. The lowest BCUT2D eigenvalue weighted by Gasteiger charge is -2.22. The summed E-state index contributed by atoms with van der Waals surface area (Å²) in [6.45, 7) is 2.81. The molecule has 0 saturated carbocycles. The van der Waals surface area contributed by atoms with Crippen molar-refractivity contribution in [3.63, 3.8) is 0 Å². The van der Waals surface area contributed by atoms with Gasteiger partial charge in [0.15, 0.2) is 0 Å². The molecule has 1 aliphatic heterocycles. The number of rotatable bonds is 3. The maximum absolute atomic E-state index is 13.3. The van der Waals surface area contributed by atoms with Crippen LogP contribution in [0.3, 0.4) is 0 Å². The third kappa shape index (κ3) is 4.17. The lowest BCUT2D eigenvalue weighted by molar-refractivity contribution is -0.137. The number of amides is 1. The highest BCUT2D eigenvalue weighted by Crippen LogP contribution is 2.33. The predicted octanol–water partition coefficient (Wildman–Crippen LogP) is 5.80. The molecule has 30 heavy (non-hydrogen) atoms. The van der Waals surface area contributed by atoms with Crippen LogP contribution in [0.25, 0.3) is 11.1 Å². The third-order valence-corrected chi connectivity index (χ3v) is 5.06. The number of nitrogens with zero attached hydrogens (tertiary/aromatic N) is 1. The van der Waals surface area contributed by atoms with Gasteiger partial charge in [-0.2, -0.15) is 13.2 Å². The van der Waals surface area contributed by atoms with Crippen LogP contribution in [0.4, 0.5) is 13.2 Å². The van der Waals surface area contributed by atoms with E-state index in [2.05, 4.69) is 0 Å². The van der Waals surface area contributed by atoms with E-state index in [1.165, 1.54) is 12.1 Å². The van der Waals surface area contributed by atoms with E-state index in [1.807, 2.05) is 37.3 Å². The van der Waals surface area contributed by atoms with Gasteiger partial charge in [-0.3, -0.25) is 4.79 Å². The lowest BCUT2D eigenvalue weighted by Crippen LogP contribution is -2.35. The average molecular weight is 411 g/mol. The van der Waals surface area contributed by atoms with Crippen molar-refractivity contribution in [3.8, 4) is 16.9 Å². The van der Waals surface area contributed by atoms with E-state index in [1.54, 1.807) is 23.1 Å². The fraction of sp³-hybridized carbons (Fsp3) is 0.208. The monoisotopic (exact) mass is 411 g/mol. The molecule has 0 bridgehead atoms. The highest BCUT2D eigenvalue weighted by atomic mass is 19.4. The topological polar surface area (TPSA) is 29.5 Å². The van der Waals surface area contributed by atoms with Crippen LogP contribution in [0.15, 0.2) is 72.8 Å². The Hall–Kier alpha value is -3.28. The molecular weight excluding hydrogens is 391 g/mol. The van der Waals surface area contributed by atoms with Crippen LogP contribution >= 0.6 is 0 Å². The summed E-state index contributed by atoms with van der Waals surface area (Å²) < 4.78 is 44.4.